The molecule has 2 atom stereocenters. The number of carbonyl (C=O) groups is 2. The molecule has 0 unspecified atom stereocenters. The molecule has 1 aliphatic heterocycles. The standard InChI is InChI=1S/C11H20N2O4/c1-11(2,3)17-10(16)8-4-7(14)6-13(8)9(15)5-12/h7-8,14H,4-6,12H2,1-3H3/t7-,8+/m1/s1. The third-order valence-electron chi connectivity index (χ3n) is 2.45. The van der Waals surface area contributed by atoms with Crippen molar-refractivity contribution in [2.75, 3.05) is 13.1 Å². The van der Waals surface area contributed by atoms with E-state index in [1.54, 1.807) is 20.8 Å². The highest BCUT2D eigenvalue weighted by atomic mass is 16.6. The Morgan fingerprint density at radius 1 is 1.47 bits per heavy atom. The van der Waals surface area contributed by atoms with Crippen molar-refractivity contribution >= 4 is 11.9 Å². The van der Waals surface area contributed by atoms with Crippen LogP contribution in [0.4, 0.5) is 0 Å². The predicted octanol–water partition coefficient (Wildman–Crippen LogP) is -0.751. The van der Waals surface area contributed by atoms with Crippen molar-refractivity contribution in [2.24, 2.45) is 5.73 Å². The first-order chi connectivity index (χ1) is 7.74. The minimum atomic E-state index is -0.722. The fourth-order valence-electron chi connectivity index (χ4n) is 1.80. The van der Waals surface area contributed by atoms with Crippen LogP contribution in [0, 0.1) is 0 Å². The van der Waals surface area contributed by atoms with E-state index in [4.69, 9.17) is 10.5 Å². The van der Waals surface area contributed by atoms with E-state index in [0.717, 1.165) is 0 Å². The Kier molecular flexibility index (Phi) is 4.11. The van der Waals surface area contributed by atoms with Crippen molar-refractivity contribution in [3.63, 3.8) is 0 Å². The molecule has 0 bridgehead atoms. The number of likely N-dealkylation sites (tertiary alicyclic amines) is 1. The van der Waals surface area contributed by atoms with Crippen LogP contribution < -0.4 is 5.73 Å². The first kappa shape index (κ1) is 13.9. The van der Waals surface area contributed by atoms with Gasteiger partial charge in [-0.05, 0) is 20.8 Å². The van der Waals surface area contributed by atoms with Gasteiger partial charge in [-0.25, -0.2) is 4.79 Å². The number of amides is 1. The first-order valence-electron chi connectivity index (χ1n) is 5.65. The lowest BCUT2D eigenvalue weighted by molar-refractivity contribution is -0.163. The molecule has 3 N–H and O–H groups in total. The predicted molar refractivity (Wildman–Crippen MR) is 61.0 cm³/mol. The monoisotopic (exact) mass is 244 g/mol. The van der Waals surface area contributed by atoms with Crippen molar-refractivity contribution in [2.45, 2.75) is 44.9 Å². The second kappa shape index (κ2) is 5.01. The Labute approximate surface area is 101 Å². The number of β-amino-alcohol motifs (C(OH)–C–C–N with tert-alkyl or cyclic N) is 1. The highest BCUT2D eigenvalue weighted by molar-refractivity contribution is 5.86. The Balaban J connectivity index is 2.73. The van der Waals surface area contributed by atoms with Gasteiger partial charge in [-0.1, -0.05) is 0 Å². The van der Waals surface area contributed by atoms with Gasteiger partial charge in [-0.15, -0.1) is 0 Å². The molecular formula is C11H20N2O4. The minimum absolute atomic E-state index is 0.139. The van der Waals surface area contributed by atoms with Gasteiger partial charge in [0.15, 0.2) is 0 Å². The number of nitrogens with two attached hydrogens (primary N) is 1. The maximum absolute atomic E-state index is 11.9. The van der Waals surface area contributed by atoms with Crippen molar-refractivity contribution in [1.82, 2.24) is 4.90 Å². The number of nitrogens with zero attached hydrogens (tertiary/aromatic N) is 1. The van der Waals surface area contributed by atoms with E-state index >= 15 is 0 Å². The molecule has 1 saturated heterocycles. The molecule has 1 rings (SSSR count). The highest BCUT2D eigenvalue weighted by Crippen LogP contribution is 2.21. The van der Waals surface area contributed by atoms with E-state index in [-0.39, 0.29) is 25.4 Å². The molecule has 0 radical (unpaired) electrons. The smallest absolute Gasteiger partial charge is 0.329 e. The Morgan fingerprint density at radius 2 is 2.06 bits per heavy atom. The number of aliphatic hydroxyl groups is 1. The summed E-state index contributed by atoms with van der Waals surface area (Å²) in [6.07, 6.45) is -0.483. The van der Waals surface area contributed by atoms with Gasteiger partial charge < -0.3 is 20.5 Å². The molecule has 0 spiro atoms. The van der Waals surface area contributed by atoms with Gasteiger partial charge in [0.2, 0.25) is 5.91 Å². The van der Waals surface area contributed by atoms with Gasteiger partial charge in [-0.3, -0.25) is 4.79 Å². The average Bonchev–Trinajstić information content (AvgIpc) is 2.56. The third-order valence-corrected chi connectivity index (χ3v) is 2.45. The summed E-state index contributed by atoms with van der Waals surface area (Å²) in [5, 5.41) is 9.52. The number of hydrogen-bond acceptors (Lipinski definition) is 5. The number of hydrogen-bond donors (Lipinski definition) is 2. The molecule has 0 aliphatic carbocycles. The van der Waals surface area contributed by atoms with Crippen molar-refractivity contribution in [3.05, 3.63) is 0 Å². The summed E-state index contributed by atoms with van der Waals surface area (Å²) in [6, 6.07) is -0.722. The van der Waals surface area contributed by atoms with Crippen LogP contribution in [0.15, 0.2) is 0 Å². The number of esters is 1. The highest BCUT2D eigenvalue weighted by Gasteiger charge is 2.40. The second-order valence-electron chi connectivity index (χ2n) is 5.19. The maximum Gasteiger partial charge on any atom is 0.329 e. The number of ether oxygens (including phenoxy) is 1. The Bertz CT molecular complexity index is 311. The van der Waals surface area contributed by atoms with Crippen LogP contribution >= 0.6 is 0 Å². The van der Waals surface area contributed by atoms with E-state index in [1.807, 2.05) is 0 Å². The van der Waals surface area contributed by atoms with Crippen molar-refractivity contribution in [1.29, 1.82) is 0 Å². The summed E-state index contributed by atoms with van der Waals surface area (Å²) in [4.78, 5) is 24.7. The van der Waals surface area contributed by atoms with Gasteiger partial charge in [0.1, 0.15) is 11.6 Å². The zero-order valence-corrected chi connectivity index (χ0v) is 10.5. The lowest BCUT2D eigenvalue weighted by Gasteiger charge is -2.26. The van der Waals surface area contributed by atoms with E-state index in [1.165, 1.54) is 4.90 Å². The fraction of sp³-hybridized carbons (Fsp3) is 0.818. The molecule has 0 aromatic rings. The van der Waals surface area contributed by atoms with Gasteiger partial charge in [-0.2, -0.15) is 0 Å². The summed E-state index contributed by atoms with van der Waals surface area (Å²) in [7, 11) is 0. The van der Waals surface area contributed by atoms with E-state index in [2.05, 4.69) is 0 Å². The Hall–Kier alpha value is -1.14. The van der Waals surface area contributed by atoms with Crippen LogP contribution in [0.25, 0.3) is 0 Å². The van der Waals surface area contributed by atoms with Gasteiger partial charge in [0.05, 0.1) is 12.6 Å². The molecule has 98 valence electrons. The molecule has 1 aliphatic rings. The molecule has 1 heterocycles. The van der Waals surface area contributed by atoms with E-state index in [9.17, 15) is 14.7 Å². The molecule has 1 amide bonds. The normalized spacial score (nSPS) is 24.9. The lowest BCUT2D eigenvalue weighted by atomic mass is 10.1. The molecule has 0 saturated carbocycles. The first-order valence-corrected chi connectivity index (χ1v) is 5.65. The molecule has 1 fully saturated rings. The summed E-state index contributed by atoms with van der Waals surface area (Å²) in [5.41, 5.74) is 4.65. The zero-order valence-electron chi connectivity index (χ0n) is 10.5. The van der Waals surface area contributed by atoms with Crippen LogP contribution in [-0.4, -0.2) is 52.7 Å². The average molecular weight is 244 g/mol. The molecule has 6 heteroatoms. The van der Waals surface area contributed by atoms with Crippen LogP contribution in [0.2, 0.25) is 0 Å². The maximum atomic E-state index is 11.9. The summed E-state index contributed by atoms with van der Waals surface area (Å²) in [6.45, 7) is 5.23. The molecule has 0 aromatic heterocycles. The largest absolute Gasteiger partial charge is 0.458 e. The minimum Gasteiger partial charge on any atom is -0.458 e. The second-order valence-corrected chi connectivity index (χ2v) is 5.19. The van der Waals surface area contributed by atoms with Crippen LogP contribution in [0.1, 0.15) is 27.2 Å². The van der Waals surface area contributed by atoms with E-state index < -0.39 is 23.7 Å². The summed E-state index contributed by atoms with van der Waals surface area (Å²) >= 11 is 0. The third kappa shape index (κ3) is 3.67. The van der Waals surface area contributed by atoms with Gasteiger partial charge in [0, 0.05) is 13.0 Å². The number of aliphatic hydroxyl groups excluding tert-OH is 1. The quantitative estimate of drug-likeness (QED) is 0.623. The lowest BCUT2D eigenvalue weighted by Crippen LogP contribution is -2.45. The number of rotatable bonds is 2. The van der Waals surface area contributed by atoms with Crippen LogP contribution in [0.3, 0.4) is 0 Å². The SMILES string of the molecule is CC(C)(C)OC(=O)[C@@H]1C[C@@H](O)CN1C(=O)CN. The molecule has 6 nitrogen and oxygen atoms in total. The zero-order chi connectivity index (χ0) is 13.2. The van der Waals surface area contributed by atoms with E-state index in [0.29, 0.717) is 0 Å². The van der Waals surface area contributed by atoms with Crippen LogP contribution in [-0.2, 0) is 14.3 Å². The van der Waals surface area contributed by atoms with Crippen LogP contribution in [0.5, 0.6) is 0 Å². The summed E-state index contributed by atoms with van der Waals surface area (Å²) < 4.78 is 5.21. The number of carbonyl (C=O) groups excluding carboxylic acids is 2. The van der Waals surface area contributed by atoms with Crippen molar-refractivity contribution in [3.8, 4) is 0 Å². The fourth-order valence-corrected chi connectivity index (χ4v) is 1.80. The van der Waals surface area contributed by atoms with Gasteiger partial charge in [0.25, 0.3) is 0 Å². The molecular weight excluding hydrogens is 224 g/mol. The Morgan fingerprint density at radius 3 is 2.53 bits per heavy atom. The van der Waals surface area contributed by atoms with Gasteiger partial charge >= 0.3 is 5.97 Å². The molecule has 0 aromatic carbocycles. The molecule has 17 heavy (non-hydrogen) atoms. The van der Waals surface area contributed by atoms with Crippen molar-refractivity contribution < 1.29 is 19.4 Å². The topological polar surface area (TPSA) is 92.9 Å². The summed E-state index contributed by atoms with van der Waals surface area (Å²) in [5.74, 6) is -0.840.